The molecule has 29 heavy (non-hydrogen) atoms. The summed E-state index contributed by atoms with van der Waals surface area (Å²) in [5.74, 6) is -0.0686. The van der Waals surface area contributed by atoms with Crippen LogP contribution in [0.5, 0.6) is 0 Å². The first-order chi connectivity index (χ1) is 13.8. The number of hydrogen-bond acceptors (Lipinski definition) is 5. The molecule has 0 fully saturated rings. The molecule has 0 amide bonds. The number of non-ortho nitro benzene ring substituents is 1. The van der Waals surface area contributed by atoms with E-state index in [9.17, 15) is 20.2 Å². The minimum atomic E-state index is -0.452. The fourth-order valence-corrected chi connectivity index (χ4v) is 2.47. The standard InChI is InChI=1S/C9H11NO2.C8H13N3O2.2C2H6/c1-2-3-8-4-6-9(7-5-8)10(11)12;1-4-5-7-6(2)9-8(10(7)3)11(12)13;2*1-2/h4-7H,2-3H2,1H3;4-5H2,1-3H3;2*1-2H3. The predicted octanol–water partition coefficient (Wildman–Crippen LogP) is 6.19. The van der Waals surface area contributed by atoms with Crippen LogP contribution in [0.3, 0.4) is 0 Å². The van der Waals surface area contributed by atoms with Crippen LogP contribution in [0.4, 0.5) is 11.6 Å². The summed E-state index contributed by atoms with van der Waals surface area (Å²) in [5, 5.41) is 20.8. The van der Waals surface area contributed by atoms with Gasteiger partial charge < -0.3 is 10.1 Å². The van der Waals surface area contributed by atoms with Gasteiger partial charge in [0, 0.05) is 18.6 Å². The van der Waals surface area contributed by atoms with E-state index in [-0.39, 0.29) is 16.6 Å². The van der Waals surface area contributed by atoms with Crippen molar-refractivity contribution in [1.29, 1.82) is 0 Å². The van der Waals surface area contributed by atoms with Crippen molar-refractivity contribution in [1.82, 2.24) is 9.55 Å². The van der Waals surface area contributed by atoms with Crippen molar-refractivity contribution >= 4 is 11.6 Å². The largest absolute Gasteiger partial charge is 0.434 e. The number of aromatic nitrogens is 2. The van der Waals surface area contributed by atoms with Gasteiger partial charge in [0.1, 0.15) is 5.69 Å². The smallest absolute Gasteiger partial charge is 0.390 e. The number of nitro benzene ring substituents is 1. The molecule has 0 N–H and O–H groups in total. The quantitative estimate of drug-likeness (QED) is 0.418. The van der Waals surface area contributed by atoms with E-state index in [1.807, 2.05) is 46.8 Å². The van der Waals surface area contributed by atoms with Crippen molar-refractivity contribution < 1.29 is 9.85 Å². The Labute approximate surface area is 174 Å². The molecule has 0 radical (unpaired) electrons. The minimum Gasteiger partial charge on any atom is -0.390 e. The second-order valence-electron chi connectivity index (χ2n) is 5.68. The first kappa shape index (κ1) is 28.4. The summed E-state index contributed by atoms with van der Waals surface area (Å²) in [6.07, 6.45) is 3.86. The maximum atomic E-state index is 10.5. The lowest BCUT2D eigenvalue weighted by Crippen LogP contribution is -2.01. The summed E-state index contributed by atoms with van der Waals surface area (Å²) in [7, 11) is 1.68. The molecular weight excluding hydrogens is 372 g/mol. The van der Waals surface area contributed by atoms with E-state index >= 15 is 0 Å². The Morgan fingerprint density at radius 2 is 1.38 bits per heavy atom. The Bertz CT molecular complexity index is 725. The molecule has 0 saturated carbocycles. The molecule has 2 aromatic rings. The SMILES string of the molecule is CC.CC.CCCc1c(C)nc([N+](=O)[O-])n1C.CCCc1ccc([N+](=O)[O-])cc1. The lowest BCUT2D eigenvalue weighted by atomic mass is 10.1. The third-order valence-corrected chi connectivity index (χ3v) is 3.73. The van der Waals surface area contributed by atoms with Gasteiger partial charge in [-0.2, -0.15) is 0 Å². The average Bonchev–Trinajstić information content (AvgIpc) is 3.01. The molecule has 2 rings (SSSR count). The minimum absolute atomic E-state index is 0.0686. The number of benzene rings is 1. The van der Waals surface area contributed by atoms with Gasteiger partial charge in [0.15, 0.2) is 5.69 Å². The van der Waals surface area contributed by atoms with Gasteiger partial charge in [-0.05, 0) is 30.3 Å². The van der Waals surface area contributed by atoms with E-state index in [2.05, 4.69) is 11.9 Å². The topological polar surface area (TPSA) is 104 Å². The van der Waals surface area contributed by atoms with Gasteiger partial charge in [0.2, 0.25) is 0 Å². The summed E-state index contributed by atoms with van der Waals surface area (Å²) >= 11 is 0. The van der Waals surface area contributed by atoms with E-state index in [1.165, 1.54) is 0 Å². The number of aryl methyl sites for hydroxylation is 2. The van der Waals surface area contributed by atoms with Crippen molar-refractivity contribution in [2.24, 2.45) is 7.05 Å². The molecule has 0 aliphatic heterocycles. The summed E-state index contributed by atoms with van der Waals surface area (Å²) in [6, 6.07) is 6.71. The van der Waals surface area contributed by atoms with Crippen molar-refractivity contribution in [3.63, 3.8) is 0 Å². The fourth-order valence-electron chi connectivity index (χ4n) is 2.47. The molecule has 0 atom stereocenters. The molecular formula is C21H36N4O4. The Kier molecular flexibility index (Phi) is 15.9. The number of hydrogen-bond donors (Lipinski definition) is 0. The first-order valence-electron chi connectivity index (χ1n) is 10.2. The highest BCUT2D eigenvalue weighted by atomic mass is 16.6. The lowest BCUT2D eigenvalue weighted by molar-refractivity contribution is -0.396. The molecule has 164 valence electrons. The van der Waals surface area contributed by atoms with Crippen molar-refractivity contribution in [2.75, 3.05) is 0 Å². The summed E-state index contributed by atoms with van der Waals surface area (Å²) in [4.78, 5) is 23.9. The number of nitro groups is 2. The van der Waals surface area contributed by atoms with Crippen LogP contribution in [0, 0.1) is 27.2 Å². The van der Waals surface area contributed by atoms with Gasteiger partial charge in [0.25, 0.3) is 5.69 Å². The van der Waals surface area contributed by atoms with Crippen LogP contribution in [0.25, 0.3) is 0 Å². The van der Waals surface area contributed by atoms with Crippen LogP contribution < -0.4 is 0 Å². The lowest BCUT2D eigenvalue weighted by Gasteiger charge is -1.97. The molecule has 1 aromatic heterocycles. The van der Waals surface area contributed by atoms with Crippen molar-refractivity contribution in [3.8, 4) is 0 Å². The molecule has 1 aromatic carbocycles. The molecule has 1 heterocycles. The Hall–Kier alpha value is -2.77. The van der Waals surface area contributed by atoms with Gasteiger partial charge in [0.05, 0.1) is 12.0 Å². The highest BCUT2D eigenvalue weighted by Crippen LogP contribution is 2.16. The molecule has 0 bridgehead atoms. The average molecular weight is 409 g/mol. The summed E-state index contributed by atoms with van der Waals surface area (Å²) in [5.41, 5.74) is 3.03. The van der Waals surface area contributed by atoms with Gasteiger partial charge in [-0.1, -0.05) is 65.1 Å². The second kappa shape index (κ2) is 16.2. The zero-order valence-electron chi connectivity index (χ0n) is 19.1. The van der Waals surface area contributed by atoms with Crippen LogP contribution in [0.2, 0.25) is 0 Å². The van der Waals surface area contributed by atoms with Crippen LogP contribution >= 0.6 is 0 Å². The zero-order valence-corrected chi connectivity index (χ0v) is 19.1. The van der Waals surface area contributed by atoms with E-state index in [0.29, 0.717) is 0 Å². The summed E-state index contributed by atoms with van der Waals surface area (Å²) in [6.45, 7) is 13.9. The van der Waals surface area contributed by atoms with Gasteiger partial charge in [-0.15, -0.1) is 0 Å². The third kappa shape index (κ3) is 9.82. The van der Waals surface area contributed by atoms with Crippen LogP contribution in [-0.4, -0.2) is 19.4 Å². The molecule has 0 spiro atoms. The highest BCUT2D eigenvalue weighted by molar-refractivity contribution is 5.32. The van der Waals surface area contributed by atoms with Crippen molar-refractivity contribution in [2.45, 2.75) is 74.1 Å². The van der Waals surface area contributed by atoms with Crippen molar-refractivity contribution in [3.05, 3.63) is 61.4 Å². The molecule has 0 saturated heterocycles. The third-order valence-electron chi connectivity index (χ3n) is 3.73. The number of nitrogens with zero attached hydrogens (tertiary/aromatic N) is 4. The molecule has 0 unspecified atom stereocenters. The molecule has 8 nitrogen and oxygen atoms in total. The Morgan fingerprint density at radius 1 is 0.897 bits per heavy atom. The fraction of sp³-hybridized carbons (Fsp3) is 0.571. The molecule has 0 aliphatic rings. The van der Waals surface area contributed by atoms with Crippen LogP contribution in [0.15, 0.2) is 24.3 Å². The van der Waals surface area contributed by atoms with E-state index < -0.39 is 4.92 Å². The normalized spacial score (nSPS) is 9.10. The molecule has 0 aliphatic carbocycles. The van der Waals surface area contributed by atoms with E-state index in [4.69, 9.17) is 0 Å². The Morgan fingerprint density at radius 3 is 1.72 bits per heavy atom. The second-order valence-corrected chi connectivity index (χ2v) is 5.68. The van der Waals surface area contributed by atoms with Crippen LogP contribution in [0.1, 0.15) is 71.3 Å². The zero-order chi connectivity index (χ0) is 23.0. The first-order valence-corrected chi connectivity index (χ1v) is 10.2. The maximum Gasteiger partial charge on any atom is 0.434 e. The van der Waals surface area contributed by atoms with E-state index in [0.717, 1.165) is 42.6 Å². The predicted molar refractivity (Wildman–Crippen MR) is 118 cm³/mol. The number of rotatable bonds is 6. The van der Waals surface area contributed by atoms with Crippen LogP contribution in [-0.2, 0) is 19.9 Å². The van der Waals surface area contributed by atoms with Gasteiger partial charge in [-0.3, -0.25) is 10.1 Å². The number of imidazole rings is 1. The maximum absolute atomic E-state index is 10.5. The Balaban J connectivity index is 0. The monoisotopic (exact) mass is 408 g/mol. The highest BCUT2D eigenvalue weighted by Gasteiger charge is 2.20. The summed E-state index contributed by atoms with van der Waals surface area (Å²) < 4.78 is 1.55. The van der Waals surface area contributed by atoms with Gasteiger partial charge >= 0.3 is 5.95 Å². The van der Waals surface area contributed by atoms with Gasteiger partial charge in [-0.25, -0.2) is 4.57 Å². The molecule has 8 heteroatoms. The van der Waals surface area contributed by atoms with E-state index in [1.54, 1.807) is 30.7 Å².